The fourth-order valence-corrected chi connectivity index (χ4v) is 9.20. The van der Waals surface area contributed by atoms with Gasteiger partial charge >= 0.3 is 0 Å². The van der Waals surface area contributed by atoms with Crippen molar-refractivity contribution in [3.8, 4) is 16.8 Å². The highest BCUT2D eigenvalue weighted by atomic mass is 16.3. The molecule has 3 heterocycles. The van der Waals surface area contributed by atoms with E-state index in [1.165, 1.54) is 33.0 Å². The van der Waals surface area contributed by atoms with Crippen LogP contribution in [0.15, 0.2) is 187 Å². The predicted octanol–water partition coefficient (Wildman–Crippen LogP) is 13.8. The van der Waals surface area contributed by atoms with Gasteiger partial charge in [-0.25, -0.2) is 0 Å². The van der Waals surface area contributed by atoms with Crippen LogP contribution in [0.1, 0.15) is 30.5 Å². The molecule has 0 amide bonds. The molecule has 54 heavy (non-hydrogen) atoms. The summed E-state index contributed by atoms with van der Waals surface area (Å²) in [6.07, 6.45) is 4.52. The van der Waals surface area contributed by atoms with Gasteiger partial charge in [0.15, 0.2) is 0 Å². The van der Waals surface area contributed by atoms with Crippen LogP contribution in [0, 0.1) is 0 Å². The van der Waals surface area contributed by atoms with Crippen molar-refractivity contribution in [1.29, 1.82) is 0 Å². The molecular formula is C51H36N2O. The number of rotatable bonds is 3. The molecule has 0 N–H and O–H groups in total. The first-order chi connectivity index (χ1) is 26.5. The molecule has 2 aliphatic rings. The summed E-state index contributed by atoms with van der Waals surface area (Å²) in [4.78, 5) is 2.30. The van der Waals surface area contributed by atoms with E-state index in [0.29, 0.717) is 0 Å². The molecule has 9 aromatic rings. The second-order valence-corrected chi connectivity index (χ2v) is 15.1. The minimum atomic E-state index is -0.199. The lowest BCUT2D eigenvalue weighted by molar-refractivity contribution is 0.658. The Morgan fingerprint density at radius 2 is 1.22 bits per heavy atom. The van der Waals surface area contributed by atoms with E-state index >= 15 is 0 Å². The molecule has 3 heteroatoms. The first kappa shape index (κ1) is 30.8. The van der Waals surface area contributed by atoms with E-state index in [9.17, 15) is 0 Å². The van der Waals surface area contributed by atoms with Gasteiger partial charge in [0.1, 0.15) is 11.2 Å². The van der Waals surface area contributed by atoms with E-state index in [1.807, 2.05) is 12.1 Å². The minimum absolute atomic E-state index is 0.199. The van der Waals surface area contributed by atoms with Gasteiger partial charge in [-0.15, -0.1) is 0 Å². The molecule has 3 nitrogen and oxygen atoms in total. The van der Waals surface area contributed by atoms with E-state index in [4.69, 9.17) is 11.0 Å². The molecule has 0 unspecified atom stereocenters. The average Bonchev–Trinajstić information content (AvgIpc) is 3.81. The van der Waals surface area contributed by atoms with Crippen molar-refractivity contribution < 1.29 is 4.42 Å². The van der Waals surface area contributed by atoms with E-state index in [2.05, 4.69) is 181 Å². The van der Waals surface area contributed by atoms with Gasteiger partial charge < -0.3 is 13.9 Å². The lowest BCUT2D eigenvalue weighted by Crippen LogP contribution is -2.20. The van der Waals surface area contributed by atoms with E-state index in [0.717, 1.165) is 72.3 Å². The maximum Gasteiger partial charge on any atom is 0.137 e. The fraction of sp³-hybridized carbons (Fsp3) is 0.0588. The second kappa shape index (κ2) is 11.3. The molecular weight excluding hydrogens is 657 g/mol. The van der Waals surface area contributed by atoms with Crippen LogP contribution in [-0.4, -0.2) is 4.57 Å². The summed E-state index contributed by atoms with van der Waals surface area (Å²) in [5, 5.41) is 4.69. The highest BCUT2D eigenvalue weighted by Crippen LogP contribution is 2.54. The number of benzene rings is 7. The summed E-state index contributed by atoms with van der Waals surface area (Å²) in [7, 11) is 0. The molecule has 1 aliphatic heterocycles. The number of fused-ring (bicyclic) bond motifs is 9. The van der Waals surface area contributed by atoms with Crippen LogP contribution in [-0.2, 0) is 5.41 Å². The molecule has 2 aromatic heterocycles. The molecule has 0 fully saturated rings. The minimum Gasteiger partial charge on any atom is -0.456 e. The highest BCUT2D eigenvalue weighted by molar-refractivity contribution is 6.18. The Hall–Kier alpha value is -6.84. The maximum absolute atomic E-state index is 6.39. The third-order valence-electron chi connectivity index (χ3n) is 11.7. The molecule has 0 saturated carbocycles. The van der Waals surface area contributed by atoms with Gasteiger partial charge in [0.05, 0.1) is 16.7 Å². The molecule has 0 spiro atoms. The monoisotopic (exact) mass is 692 g/mol. The molecule has 0 bridgehead atoms. The maximum atomic E-state index is 6.39. The molecule has 11 rings (SSSR count). The second-order valence-electron chi connectivity index (χ2n) is 15.1. The number of para-hydroxylation sites is 3. The third kappa shape index (κ3) is 4.36. The summed E-state index contributed by atoms with van der Waals surface area (Å²) in [6, 6.07) is 56.7. The van der Waals surface area contributed by atoms with Crippen LogP contribution < -0.4 is 4.90 Å². The summed E-state index contributed by atoms with van der Waals surface area (Å²) < 4.78 is 8.77. The normalized spacial score (nSPS) is 15.4. The fourth-order valence-electron chi connectivity index (χ4n) is 9.20. The SMILES string of the molecule is C=C1C2=C(/C=C\N(c3ccccc3)c3ccc(-c4ccc5c6cc7c(cc6n(-c6ccccc6)c5c4)oc4ccccc47)cc31)c1ccccc1C2(C)C. The van der Waals surface area contributed by atoms with E-state index in [1.54, 1.807) is 0 Å². The van der Waals surface area contributed by atoms with E-state index in [-0.39, 0.29) is 5.41 Å². The summed E-state index contributed by atoms with van der Waals surface area (Å²) in [6.45, 7) is 9.56. The topological polar surface area (TPSA) is 21.3 Å². The van der Waals surface area contributed by atoms with Crippen LogP contribution >= 0.6 is 0 Å². The number of nitrogens with zero attached hydrogens (tertiary/aromatic N) is 2. The van der Waals surface area contributed by atoms with Gasteiger partial charge in [-0.2, -0.15) is 0 Å². The Bertz CT molecular complexity index is 3080. The van der Waals surface area contributed by atoms with Crippen molar-refractivity contribution in [1.82, 2.24) is 4.57 Å². The number of hydrogen-bond donors (Lipinski definition) is 0. The molecule has 0 atom stereocenters. The number of furan rings is 1. The third-order valence-corrected chi connectivity index (χ3v) is 11.7. The van der Waals surface area contributed by atoms with Gasteiger partial charge in [-0.1, -0.05) is 117 Å². The largest absolute Gasteiger partial charge is 0.456 e. The Kier molecular flexibility index (Phi) is 6.45. The molecule has 0 saturated heterocycles. The Morgan fingerprint density at radius 3 is 2.06 bits per heavy atom. The Morgan fingerprint density at radius 1 is 0.537 bits per heavy atom. The van der Waals surface area contributed by atoms with Crippen molar-refractivity contribution >= 4 is 66.3 Å². The molecule has 7 aromatic carbocycles. The van der Waals surface area contributed by atoms with Gasteiger partial charge in [0, 0.05) is 56.2 Å². The number of allylic oxidation sites excluding steroid dienone is 4. The first-order valence-electron chi connectivity index (χ1n) is 18.6. The van der Waals surface area contributed by atoms with Crippen molar-refractivity contribution in [3.05, 3.63) is 199 Å². The van der Waals surface area contributed by atoms with Gasteiger partial charge in [0.2, 0.25) is 0 Å². The van der Waals surface area contributed by atoms with Crippen LogP contribution in [0.3, 0.4) is 0 Å². The van der Waals surface area contributed by atoms with Gasteiger partial charge in [0.25, 0.3) is 0 Å². The number of aromatic nitrogens is 1. The number of anilines is 2. The highest BCUT2D eigenvalue weighted by Gasteiger charge is 2.39. The molecule has 1 aliphatic carbocycles. The van der Waals surface area contributed by atoms with Crippen molar-refractivity contribution in [2.75, 3.05) is 4.90 Å². The van der Waals surface area contributed by atoms with Crippen molar-refractivity contribution in [2.24, 2.45) is 0 Å². The zero-order valence-electron chi connectivity index (χ0n) is 30.2. The standard InChI is InChI=1S/C51H36N2O/c1-32-41-28-33(23-25-45(41)52(35-14-6-4-7-15-35)27-26-40-37-18-10-12-20-44(37)51(2,3)50(32)40)34-22-24-38-42-30-43-39-19-11-13-21-48(39)54-49(43)31-47(42)53(46(38)29-34)36-16-8-5-9-17-36/h4-31H,1H2,2-3H3/b27-26-. The van der Waals surface area contributed by atoms with E-state index < -0.39 is 0 Å². The zero-order chi connectivity index (χ0) is 36.1. The van der Waals surface area contributed by atoms with Crippen LogP contribution in [0.2, 0.25) is 0 Å². The lowest BCUT2D eigenvalue weighted by atomic mass is 9.76. The predicted molar refractivity (Wildman–Crippen MR) is 227 cm³/mol. The van der Waals surface area contributed by atoms with Crippen LogP contribution in [0.4, 0.5) is 11.4 Å². The zero-order valence-corrected chi connectivity index (χ0v) is 30.2. The molecule has 0 radical (unpaired) electrons. The first-order valence-corrected chi connectivity index (χ1v) is 18.6. The summed E-state index contributed by atoms with van der Waals surface area (Å²) >= 11 is 0. The average molecular weight is 693 g/mol. The van der Waals surface area contributed by atoms with Gasteiger partial charge in [-0.3, -0.25) is 0 Å². The van der Waals surface area contributed by atoms with Crippen LogP contribution in [0.25, 0.3) is 71.7 Å². The Labute approximate surface area is 314 Å². The quantitative estimate of drug-likeness (QED) is 0.184. The smallest absolute Gasteiger partial charge is 0.137 e. The lowest BCUT2D eigenvalue weighted by Gasteiger charge is -2.31. The molecule has 256 valence electrons. The van der Waals surface area contributed by atoms with Crippen molar-refractivity contribution in [3.63, 3.8) is 0 Å². The van der Waals surface area contributed by atoms with Gasteiger partial charge in [-0.05, 0) is 99.6 Å². The number of hydrogen-bond acceptors (Lipinski definition) is 2. The van der Waals surface area contributed by atoms with Crippen molar-refractivity contribution in [2.45, 2.75) is 19.3 Å². The Balaban J connectivity index is 1.14. The summed E-state index contributed by atoms with van der Waals surface area (Å²) in [5.74, 6) is 0. The summed E-state index contributed by atoms with van der Waals surface area (Å²) in [5.41, 5.74) is 16.8. The van der Waals surface area contributed by atoms with Crippen LogP contribution in [0.5, 0.6) is 0 Å².